The first-order valence-corrected chi connectivity index (χ1v) is 9.28. The first-order chi connectivity index (χ1) is 12.8. The predicted molar refractivity (Wildman–Crippen MR) is 94.3 cm³/mol. The zero-order valence-electron chi connectivity index (χ0n) is 14.8. The molecule has 0 bridgehead atoms. The van der Waals surface area contributed by atoms with E-state index in [1.165, 1.54) is 12.8 Å². The van der Waals surface area contributed by atoms with Crippen LogP contribution in [0.2, 0.25) is 0 Å². The molecule has 2 fully saturated rings. The minimum Gasteiger partial charge on any atom is -0.370 e. The summed E-state index contributed by atoms with van der Waals surface area (Å²) in [6, 6.07) is 7.66. The van der Waals surface area contributed by atoms with Crippen LogP contribution < -0.4 is 5.32 Å². The van der Waals surface area contributed by atoms with Crippen LogP contribution in [0.3, 0.4) is 0 Å². The van der Waals surface area contributed by atoms with Gasteiger partial charge in [-0.3, -0.25) is 4.98 Å². The van der Waals surface area contributed by atoms with E-state index >= 15 is 0 Å². The molecule has 138 valence electrons. The Bertz CT molecular complexity index is 729. The van der Waals surface area contributed by atoms with Crippen molar-refractivity contribution in [2.45, 2.75) is 50.9 Å². The van der Waals surface area contributed by atoms with Crippen LogP contribution in [-0.2, 0) is 17.9 Å². The van der Waals surface area contributed by atoms with Crippen LogP contribution in [0, 0.1) is 0 Å². The first-order valence-electron chi connectivity index (χ1n) is 9.28. The smallest absolute Gasteiger partial charge is 0.317 e. The molecule has 3 heterocycles. The number of aromatic nitrogens is 2. The van der Waals surface area contributed by atoms with Crippen LogP contribution in [0.15, 0.2) is 35.0 Å². The molecule has 26 heavy (non-hydrogen) atoms. The number of piperidine rings is 1. The van der Waals surface area contributed by atoms with Crippen LogP contribution in [0.25, 0.3) is 0 Å². The van der Waals surface area contributed by atoms with Crippen molar-refractivity contribution in [3.8, 4) is 0 Å². The lowest BCUT2D eigenvalue weighted by Crippen LogP contribution is -2.47. The molecule has 4 rings (SSSR count). The molecule has 7 nitrogen and oxygen atoms in total. The van der Waals surface area contributed by atoms with Crippen molar-refractivity contribution in [1.82, 2.24) is 20.4 Å². The number of nitrogens with zero attached hydrogens (tertiary/aromatic N) is 3. The van der Waals surface area contributed by atoms with Crippen LogP contribution in [0.5, 0.6) is 0 Å². The van der Waals surface area contributed by atoms with Crippen LogP contribution >= 0.6 is 0 Å². The standard InChI is InChI=1S/C19H24N4O3/c24-19(21-11-16-10-18(26-22-16)14-6-7-14)23-9-3-5-17(12-23)25-13-15-4-1-2-8-20-15/h1-2,4,8,10,14,17H,3,5-7,9,11-13H2,(H,21,24)/t17-/m0/s1. The Kier molecular flexibility index (Phi) is 5.15. The second kappa shape index (κ2) is 7.86. The number of ether oxygens (including phenoxy) is 1. The van der Waals surface area contributed by atoms with Gasteiger partial charge in [0.25, 0.3) is 0 Å². The third-order valence-corrected chi connectivity index (χ3v) is 4.84. The summed E-state index contributed by atoms with van der Waals surface area (Å²) in [6.45, 7) is 2.22. The molecule has 1 saturated heterocycles. The lowest BCUT2D eigenvalue weighted by atomic mass is 10.1. The fraction of sp³-hybridized carbons (Fsp3) is 0.526. The highest BCUT2D eigenvalue weighted by Gasteiger charge is 2.28. The summed E-state index contributed by atoms with van der Waals surface area (Å²) in [6.07, 6.45) is 6.06. The number of urea groups is 1. The second-order valence-electron chi connectivity index (χ2n) is 7.00. The fourth-order valence-corrected chi connectivity index (χ4v) is 3.20. The van der Waals surface area contributed by atoms with Gasteiger partial charge in [-0.25, -0.2) is 4.79 Å². The maximum absolute atomic E-state index is 12.4. The fourth-order valence-electron chi connectivity index (χ4n) is 3.20. The zero-order chi connectivity index (χ0) is 17.8. The monoisotopic (exact) mass is 356 g/mol. The van der Waals surface area contributed by atoms with Gasteiger partial charge >= 0.3 is 6.03 Å². The molecule has 1 aliphatic heterocycles. The van der Waals surface area contributed by atoms with Gasteiger partial charge in [-0.05, 0) is 37.8 Å². The summed E-state index contributed by atoms with van der Waals surface area (Å²) in [5.74, 6) is 1.47. The van der Waals surface area contributed by atoms with Crippen molar-refractivity contribution in [2.24, 2.45) is 0 Å². The Labute approximate surface area is 152 Å². The molecule has 0 aromatic carbocycles. The number of amides is 2. The average Bonchev–Trinajstić information content (AvgIpc) is 3.44. The maximum atomic E-state index is 12.4. The Morgan fingerprint density at radius 2 is 2.23 bits per heavy atom. The molecule has 2 aromatic rings. The third-order valence-electron chi connectivity index (χ3n) is 4.84. The van der Waals surface area contributed by atoms with E-state index in [4.69, 9.17) is 9.26 Å². The summed E-state index contributed by atoms with van der Waals surface area (Å²) < 4.78 is 11.3. The first kappa shape index (κ1) is 17.0. The molecule has 2 aliphatic rings. The van der Waals surface area contributed by atoms with E-state index in [0.717, 1.165) is 36.5 Å². The van der Waals surface area contributed by atoms with E-state index in [-0.39, 0.29) is 12.1 Å². The van der Waals surface area contributed by atoms with Crippen molar-refractivity contribution in [3.63, 3.8) is 0 Å². The van der Waals surface area contributed by atoms with Crippen molar-refractivity contribution < 1.29 is 14.1 Å². The maximum Gasteiger partial charge on any atom is 0.317 e. The van der Waals surface area contributed by atoms with E-state index < -0.39 is 0 Å². The van der Waals surface area contributed by atoms with Crippen molar-refractivity contribution in [3.05, 3.63) is 47.6 Å². The second-order valence-corrected chi connectivity index (χ2v) is 7.00. The molecule has 1 atom stereocenters. The largest absolute Gasteiger partial charge is 0.370 e. The van der Waals surface area contributed by atoms with Gasteiger partial charge in [-0.1, -0.05) is 11.2 Å². The molecule has 0 spiro atoms. The molecule has 0 radical (unpaired) electrons. The molecule has 1 N–H and O–H groups in total. The molecule has 2 aromatic heterocycles. The lowest BCUT2D eigenvalue weighted by Gasteiger charge is -2.32. The molecule has 1 aliphatic carbocycles. The van der Waals surface area contributed by atoms with Gasteiger partial charge < -0.3 is 19.5 Å². The Balaban J connectivity index is 1.23. The summed E-state index contributed by atoms with van der Waals surface area (Å²) in [4.78, 5) is 18.5. The number of pyridine rings is 1. The van der Waals surface area contributed by atoms with E-state index in [1.807, 2.05) is 29.2 Å². The topological polar surface area (TPSA) is 80.5 Å². The summed E-state index contributed by atoms with van der Waals surface area (Å²) >= 11 is 0. The average molecular weight is 356 g/mol. The highest BCUT2D eigenvalue weighted by molar-refractivity contribution is 5.74. The van der Waals surface area contributed by atoms with E-state index in [0.29, 0.717) is 25.6 Å². The van der Waals surface area contributed by atoms with Crippen LogP contribution in [0.1, 0.15) is 48.7 Å². The van der Waals surface area contributed by atoms with Crippen LogP contribution in [0.4, 0.5) is 4.79 Å². The number of likely N-dealkylation sites (tertiary alicyclic amines) is 1. The number of hydrogen-bond acceptors (Lipinski definition) is 5. The summed E-state index contributed by atoms with van der Waals surface area (Å²) in [5, 5.41) is 6.96. The highest BCUT2D eigenvalue weighted by Crippen LogP contribution is 2.40. The van der Waals surface area contributed by atoms with E-state index in [1.54, 1.807) is 6.20 Å². The van der Waals surface area contributed by atoms with Gasteiger partial charge in [-0.15, -0.1) is 0 Å². The highest BCUT2D eigenvalue weighted by atomic mass is 16.5. The molecule has 2 amide bonds. The van der Waals surface area contributed by atoms with Crippen LogP contribution in [-0.4, -0.2) is 40.3 Å². The summed E-state index contributed by atoms with van der Waals surface area (Å²) in [5.41, 5.74) is 1.69. The number of rotatable bonds is 6. The number of nitrogens with one attached hydrogen (secondary N) is 1. The van der Waals surface area contributed by atoms with Crippen molar-refractivity contribution in [2.75, 3.05) is 13.1 Å². The lowest BCUT2D eigenvalue weighted by molar-refractivity contribution is -0.00169. The molecular formula is C19H24N4O3. The number of carbonyl (C=O) groups is 1. The number of hydrogen-bond donors (Lipinski definition) is 1. The van der Waals surface area contributed by atoms with Gasteiger partial charge in [0.05, 0.1) is 24.9 Å². The van der Waals surface area contributed by atoms with Crippen molar-refractivity contribution >= 4 is 6.03 Å². The molecule has 7 heteroatoms. The van der Waals surface area contributed by atoms with E-state index in [2.05, 4.69) is 15.5 Å². The Morgan fingerprint density at radius 1 is 1.31 bits per heavy atom. The molecular weight excluding hydrogens is 332 g/mol. The third kappa shape index (κ3) is 4.40. The molecule has 1 saturated carbocycles. The van der Waals surface area contributed by atoms with Crippen molar-refractivity contribution in [1.29, 1.82) is 0 Å². The summed E-state index contributed by atoms with van der Waals surface area (Å²) in [7, 11) is 0. The predicted octanol–water partition coefficient (Wildman–Crippen LogP) is 2.84. The van der Waals surface area contributed by atoms with E-state index in [9.17, 15) is 4.79 Å². The van der Waals surface area contributed by atoms with Gasteiger partial charge in [-0.2, -0.15) is 0 Å². The van der Waals surface area contributed by atoms with Gasteiger partial charge in [0, 0.05) is 31.3 Å². The normalized spacial score (nSPS) is 20.2. The SMILES string of the molecule is O=C(NCc1cc(C2CC2)on1)N1CCC[C@H](OCc2ccccn2)C1. The zero-order valence-corrected chi connectivity index (χ0v) is 14.8. The Morgan fingerprint density at radius 3 is 3.04 bits per heavy atom. The van der Waals surface area contributed by atoms with Gasteiger partial charge in [0.15, 0.2) is 0 Å². The van der Waals surface area contributed by atoms with Gasteiger partial charge in [0.2, 0.25) is 0 Å². The van der Waals surface area contributed by atoms with Gasteiger partial charge in [0.1, 0.15) is 11.5 Å². The quantitative estimate of drug-likeness (QED) is 0.861. The minimum atomic E-state index is -0.0768. The Hall–Kier alpha value is -2.41. The molecule has 0 unspecified atom stereocenters. The minimum absolute atomic E-state index is 0.0463. The number of carbonyl (C=O) groups excluding carboxylic acids is 1.